The molecule has 0 atom stereocenters. The summed E-state index contributed by atoms with van der Waals surface area (Å²) in [4.78, 5) is 38.2. The van der Waals surface area contributed by atoms with E-state index in [9.17, 15) is 14.4 Å². The number of hydrogen-bond donors (Lipinski definition) is 1. The molecule has 1 heterocycles. The zero-order valence-electron chi connectivity index (χ0n) is 16.6. The summed E-state index contributed by atoms with van der Waals surface area (Å²) in [6.45, 7) is 3.37. The van der Waals surface area contributed by atoms with Crippen LogP contribution in [0.2, 0.25) is 0 Å². The first-order valence-electron chi connectivity index (χ1n) is 10.0. The van der Waals surface area contributed by atoms with Gasteiger partial charge in [0.2, 0.25) is 11.8 Å². The van der Waals surface area contributed by atoms with Crippen LogP contribution in [-0.4, -0.2) is 30.7 Å². The Morgan fingerprint density at radius 1 is 1.10 bits per heavy atom. The van der Waals surface area contributed by atoms with Crippen LogP contribution in [0.5, 0.6) is 5.75 Å². The van der Waals surface area contributed by atoms with Crippen LogP contribution in [0.15, 0.2) is 48.5 Å². The maximum atomic E-state index is 12.3. The van der Waals surface area contributed by atoms with Crippen molar-refractivity contribution in [3.8, 4) is 5.75 Å². The smallest absolute Gasteiger partial charge is 0.227 e. The van der Waals surface area contributed by atoms with Crippen LogP contribution >= 0.6 is 0 Å². The maximum absolute atomic E-state index is 12.3. The summed E-state index contributed by atoms with van der Waals surface area (Å²) in [5.74, 6) is 0.521. The molecule has 2 aromatic rings. The predicted molar refractivity (Wildman–Crippen MR) is 112 cm³/mol. The minimum absolute atomic E-state index is 0.0846. The van der Waals surface area contributed by atoms with Crippen molar-refractivity contribution in [1.82, 2.24) is 0 Å². The van der Waals surface area contributed by atoms with Crippen LogP contribution in [-0.2, 0) is 9.59 Å². The van der Waals surface area contributed by atoms with E-state index in [1.54, 1.807) is 41.3 Å². The molecule has 0 radical (unpaired) electrons. The zero-order valence-corrected chi connectivity index (χ0v) is 16.6. The average Bonchev–Trinajstić information content (AvgIpc) is 3.17. The largest absolute Gasteiger partial charge is 0.494 e. The van der Waals surface area contributed by atoms with E-state index < -0.39 is 0 Å². The monoisotopic (exact) mass is 394 g/mol. The molecule has 29 heavy (non-hydrogen) atoms. The second-order valence-corrected chi connectivity index (χ2v) is 7.04. The number of amides is 2. The van der Waals surface area contributed by atoms with Crippen molar-refractivity contribution in [2.45, 2.75) is 39.0 Å². The van der Waals surface area contributed by atoms with Gasteiger partial charge in [0.1, 0.15) is 5.75 Å². The third-order valence-corrected chi connectivity index (χ3v) is 4.74. The van der Waals surface area contributed by atoms with Crippen molar-refractivity contribution < 1.29 is 19.1 Å². The average molecular weight is 394 g/mol. The Morgan fingerprint density at radius 3 is 2.59 bits per heavy atom. The lowest BCUT2D eigenvalue weighted by molar-refractivity contribution is -0.117. The number of nitrogens with one attached hydrogen (secondary N) is 1. The van der Waals surface area contributed by atoms with Gasteiger partial charge in [0, 0.05) is 42.7 Å². The molecule has 2 amide bonds. The van der Waals surface area contributed by atoms with Gasteiger partial charge in [-0.3, -0.25) is 14.4 Å². The van der Waals surface area contributed by atoms with E-state index in [-0.39, 0.29) is 30.4 Å². The van der Waals surface area contributed by atoms with Crippen molar-refractivity contribution >= 4 is 29.0 Å². The molecule has 152 valence electrons. The van der Waals surface area contributed by atoms with Crippen molar-refractivity contribution in [2.24, 2.45) is 0 Å². The summed E-state index contributed by atoms with van der Waals surface area (Å²) in [6, 6.07) is 14.2. The molecule has 1 aliphatic heterocycles. The Kier molecular flexibility index (Phi) is 7.00. The van der Waals surface area contributed by atoms with Crippen molar-refractivity contribution in [3.63, 3.8) is 0 Å². The number of Topliss-reactive ketones (excluding diaryl/α,β-unsaturated/α-hetero) is 1. The van der Waals surface area contributed by atoms with E-state index in [0.717, 1.165) is 24.3 Å². The Morgan fingerprint density at radius 2 is 1.90 bits per heavy atom. The van der Waals surface area contributed by atoms with Crippen LogP contribution in [0, 0.1) is 0 Å². The highest BCUT2D eigenvalue weighted by atomic mass is 16.5. The van der Waals surface area contributed by atoms with Gasteiger partial charge in [-0.15, -0.1) is 0 Å². The van der Waals surface area contributed by atoms with Crippen molar-refractivity contribution in [1.29, 1.82) is 0 Å². The van der Waals surface area contributed by atoms with Gasteiger partial charge in [-0.05, 0) is 55.3 Å². The van der Waals surface area contributed by atoms with Gasteiger partial charge >= 0.3 is 0 Å². The van der Waals surface area contributed by atoms with E-state index in [4.69, 9.17) is 4.74 Å². The first kappa shape index (κ1) is 20.6. The van der Waals surface area contributed by atoms with Crippen LogP contribution < -0.4 is 15.0 Å². The topological polar surface area (TPSA) is 75.7 Å². The first-order valence-corrected chi connectivity index (χ1v) is 10.0. The molecule has 6 nitrogen and oxygen atoms in total. The summed E-state index contributed by atoms with van der Waals surface area (Å²) >= 11 is 0. The van der Waals surface area contributed by atoms with Gasteiger partial charge < -0.3 is 15.0 Å². The number of benzene rings is 2. The molecule has 1 aliphatic rings. The van der Waals surface area contributed by atoms with E-state index in [1.807, 2.05) is 19.1 Å². The SMILES string of the molecule is CCCOc1ccc(C(=O)CCC(=O)Nc2cccc(N3CCCC3=O)c2)cc1. The molecule has 1 saturated heterocycles. The highest BCUT2D eigenvalue weighted by Crippen LogP contribution is 2.24. The standard InChI is InChI=1S/C23H26N2O4/c1-2-15-29-20-10-8-17(9-11-20)21(26)12-13-22(27)24-18-5-3-6-19(16-18)25-14-4-7-23(25)28/h3,5-6,8-11,16H,2,4,7,12-15H2,1H3,(H,24,27). The zero-order chi connectivity index (χ0) is 20.6. The Labute approximate surface area is 170 Å². The molecule has 0 aliphatic carbocycles. The number of ketones is 1. The number of ether oxygens (including phenoxy) is 1. The Balaban J connectivity index is 1.50. The van der Waals surface area contributed by atoms with Crippen LogP contribution in [0.1, 0.15) is 49.4 Å². The van der Waals surface area contributed by atoms with E-state index in [0.29, 0.717) is 30.8 Å². The summed E-state index contributed by atoms with van der Waals surface area (Å²) in [7, 11) is 0. The van der Waals surface area contributed by atoms with Crippen LogP contribution in [0.3, 0.4) is 0 Å². The number of rotatable bonds is 9. The second kappa shape index (κ2) is 9.87. The molecule has 0 unspecified atom stereocenters. The lowest BCUT2D eigenvalue weighted by Crippen LogP contribution is -2.23. The van der Waals surface area contributed by atoms with E-state index in [2.05, 4.69) is 5.32 Å². The fourth-order valence-electron chi connectivity index (χ4n) is 3.22. The minimum Gasteiger partial charge on any atom is -0.494 e. The normalized spacial score (nSPS) is 13.4. The molecule has 0 spiro atoms. The van der Waals surface area contributed by atoms with Gasteiger partial charge in [-0.25, -0.2) is 0 Å². The number of carbonyl (C=O) groups excluding carboxylic acids is 3. The summed E-state index contributed by atoms with van der Waals surface area (Å²) < 4.78 is 5.51. The Hall–Kier alpha value is -3.15. The highest BCUT2D eigenvalue weighted by molar-refractivity contribution is 6.00. The fraction of sp³-hybridized carbons (Fsp3) is 0.348. The van der Waals surface area contributed by atoms with E-state index >= 15 is 0 Å². The fourth-order valence-corrected chi connectivity index (χ4v) is 3.22. The minimum atomic E-state index is -0.230. The maximum Gasteiger partial charge on any atom is 0.227 e. The quantitative estimate of drug-likeness (QED) is 0.647. The molecule has 0 saturated carbocycles. The van der Waals surface area contributed by atoms with E-state index in [1.165, 1.54) is 0 Å². The molecule has 1 N–H and O–H groups in total. The number of carbonyl (C=O) groups is 3. The molecule has 6 heteroatoms. The Bertz CT molecular complexity index is 877. The summed E-state index contributed by atoms with van der Waals surface area (Å²) in [5.41, 5.74) is 1.97. The van der Waals surface area contributed by atoms with Crippen LogP contribution in [0.4, 0.5) is 11.4 Å². The molecule has 1 fully saturated rings. The van der Waals surface area contributed by atoms with Gasteiger partial charge in [0.05, 0.1) is 6.61 Å². The van der Waals surface area contributed by atoms with Gasteiger partial charge in [-0.2, -0.15) is 0 Å². The summed E-state index contributed by atoms with van der Waals surface area (Å²) in [5, 5.41) is 2.81. The third kappa shape index (κ3) is 5.67. The molecule has 2 aromatic carbocycles. The van der Waals surface area contributed by atoms with Gasteiger partial charge in [0.25, 0.3) is 0 Å². The molecule has 0 bridgehead atoms. The lowest BCUT2D eigenvalue weighted by atomic mass is 10.1. The predicted octanol–water partition coefficient (Wildman–Crippen LogP) is 4.20. The molecular formula is C23H26N2O4. The van der Waals surface area contributed by atoms with Gasteiger partial charge in [-0.1, -0.05) is 13.0 Å². The first-order chi connectivity index (χ1) is 14.1. The number of anilines is 2. The number of hydrogen-bond acceptors (Lipinski definition) is 4. The van der Waals surface area contributed by atoms with Crippen molar-refractivity contribution in [3.05, 3.63) is 54.1 Å². The molecule has 0 aromatic heterocycles. The molecule has 3 rings (SSSR count). The van der Waals surface area contributed by atoms with Crippen LogP contribution in [0.25, 0.3) is 0 Å². The highest BCUT2D eigenvalue weighted by Gasteiger charge is 2.21. The number of nitrogens with zero attached hydrogens (tertiary/aromatic N) is 1. The summed E-state index contributed by atoms with van der Waals surface area (Å²) in [6.07, 6.45) is 2.56. The molecular weight excluding hydrogens is 368 g/mol. The van der Waals surface area contributed by atoms with Crippen molar-refractivity contribution in [2.75, 3.05) is 23.4 Å². The van der Waals surface area contributed by atoms with Gasteiger partial charge in [0.15, 0.2) is 5.78 Å². The second-order valence-electron chi connectivity index (χ2n) is 7.04. The third-order valence-electron chi connectivity index (χ3n) is 4.74. The lowest BCUT2D eigenvalue weighted by Gasteiger charge is -2.16.